The molecule has 2 nitrogen and oxygen atoms in total. The maximum absolute atomic E-state index is 5.77. The number of rotatable bonds is 3. The number of hydrogen-bond donors (Lipinski definition) is 0. The molecule has 0 saturated carbocycles. The highest BCUT2D eigenvalue weighted by molar-refractivity contribution is 6.30. The van der Waals surface area contributed by atoms with Crippen LogP contribution in [0.5, 0.6) is 0 Å². The molecule has 0 spiro atoms. The van der Waals surface area contributed by atoms with Crippen LogP contribution in [-0.4, -0.2) is 19.8 Å². The molecule has 0 radical (unpaired) electrons. The maximum Gasteiger partial charge on any atom is 0.112 e. The first kappa shape index (κ1) is 9.00. The fourth-order valence-electron chi connectivity index (χ4n) is 1.38. The quantitative estimate of drug-likeness (QED) is 0.696. The minimum absolute atomic E-state index is 0.206. The minimum Gasteiger partial charge on any atom is -0.382 e. The molecule has 2 rings (SSSR count). The van der Waals surface area contributed by atoms with E-state index in [4.69, 9.17) is 21.1 Å². The Morgan fingerprint density at radius 1 is 1.38 bits per heavy atom. The summed E-state index contributed by atoms with van der Waals surface area (Å²) in [6.45, 7) is 0.660. The fraction of sp³-hybridized carbons (Fsp3) is 0.400. The molecular formula is C10H11ClO2. The van der Waals surface area contributed by atoms with Crippen LogP contribution >= 0.6 is 11.6 Å². The van der Waals surface area contributed by atoms with Gasteiger partial charge in [0.25, 0.3) is 0 Å². The van der Waals surface area contributed by atoms with Gasteiger partial charge in [0.05, 0.1) is 6.61 Å². The van der Waals surface area contributed by atoms with Gasteiger partial charge in [0.1, 0.15) is 12.2 Å². The summed E-state index contributed by atoms with van der Waals surface area (Å²) >= 11 is 5.77. The summed E-state index contributed by atoms with van der Waals surface area (Å²) in [7, 11) is 1.68. The number of methoxy groups -OCH3 is 1. The van der Waals surface area contributed by atoms with Gasteiger partial charge in [-0.15, -0.1) is 0 Å². The van der Waals surface area contributed by atoms with Crippen molar-refractivity contribution in [2.75, 3.05) is 13.7 Å². The molecule has 1 aromatic rings. The number of epoxide rings is 1. The molecule has 0 aliphatic carbocycles. The van der Waals surface area contributed by atoms with Crippen LogP contribution in [0.4, 0.5) is 0 Å². The normalized spacial score (nSPS) is 26.0. The largest absolute Gasteiger partial charge is 0.382 e. The molecule has 70 valence electrons. The molecule has 0 N–H and O–H groups in total. The van der Waals surface area contributed by atoms with Gasteiger partial charge in [0.15, 0.2) is 0 Å². The van der Waals surface area contributed by atoms with Gasteiger partial charge in [-0.05, 0) is 17.7 Å². The fourth-order valence-corrected chi connectivity index (χ4v) is 1.51. The number of benzene rings is 1. The number of hydrogen-bond acceptors (Lipinski definition) is 2. The zero-order valence-electron chi connectivity index (χ0n) is 7.37. The van der Waals surface area contributed by atoms with Crippen LogP contribution in [0.15, 0.2) is 24.3 Å². The molecule has 0 bridgehead atoms. The van der Waals surface area contributed by atoms with Crippen LogP contribution in [-0.2, 0) is 9.47 Å². The van der Waals surface area contributed by atoms with E-state index < -0.39 is 0 Å². The Hall–Kier alpha value is -0.570. The molecule has 2 atom stereocenters. The third-order valence-electron chi connectivity index (χ3n) is 2.11. The van der Waals surface area contributed by atoms with Crippen molar-refractivity contribution in [1.82, 2.24) is 0 Å². The second-order valence-corrected chi connectivity index (χ2v) is 3.54. The summed E-state index contributed by atoms with van der Waals surface area (Å²) < 4.78 is 10.4. The Morgan fingerprint density at radius 2 is 2.08 bits per heavy atom. The highest BCUT2D eigenvalue weighted by Crippen LogP contribution is 2.38. The van der Waals surface area contributed by atoms with Crippen molar-refractivity contribution >= 4 is 11.6 Å². The van der Waals surface area contributed by atoms with Crippen LogP contribution in [0, 0.1) is 0 Å². The lowest BCUT2D eigenvalue weighted by atomic mass is 10.1. The highest BCUT2D eigenvalue weighted by atomic mass is 35.5. The summed E-state index contributed by atoms with van der Waals surface area (Å²) in [5.41, 5.74) is 1.17. The first-order chi connectivity index (χ1) is 6.31. The van der Waals surface area contributed by atoms with E-state index in [2.05, 4.69) is 0 Å². The summed E-state index contributed by atoms with van der Waals surface area (Å²) in [5.74, 6) is 0. The highest BCUT2D eigenvalue weighted by Gasteiger charge is 2.39. The Labute approximate surface area is 82.4 Å². The summed E-state index contributed by atoms with van der Waals surface area (Å²) in [4.78, 5) is 0. The molecule has 1 aliphatic heterocycles. The minimum atomic E-state index is 0.206. The van der Waals surface area contributed by atoms with Gasteiger partial charge in [0, 0.05) is 12.1 Å². The molecule has 1 saturated heterocycles. The number of ether oxygens (including phenoxy) is 2. The molecule has 1 fully saturated rings. The first-order valence-corrected chi connectivity index (χ1v) is 4.59. The molecule has 13 heavy (non-hydrogen) atoms. The molecule has 1 aliphatic rings. The van der Waals surface area contributed by atoms with Gasteiger partial charge in [0.2, 0.25) is 0 Å². The van der Waals surface area contributed by atoms with Crippen molar-refractivity contribution in [2.45, 2.75) is 12.2 Å². The van der Waals surface area contributed by atoms with Crippen molar-refractivity contribution < 1.29 is 9.47 Å². The lowest BCUT2D eigenvalue weighted by Gasteiger charge is -1.95. The van der Waals surface area contributed by atoms with E-state index in [1.165, 1.54) is 5.56 Å². The molecular weight excluding hydrogens is 188 g/mol. The topological polar surface area (TPSA) is 21.8 Å². The van der Waals surface area contributed by atoms with Gasteiger partial charge in [-0.3, -0.25) is 0 Å². The van der Waals surface area contributed by atoms with Gasteiger partial charge in [-0.2, -0.15) is 0 Å². The Kier molecular flexibility index (Phi) is 2.54. The average Bonchev–Trinajstić information content (AvgIpc) is 2.86. The Bertz CT molecular complexity index is 283. The van der Waals surface area contributed by atoms with E-state index in [0.717, 1.165) is 5.02 Å². The standard InChI is InChI=1S/C10H11ClO2/c1-12-6-9-10(13-9)7-2-4-8(11)5-3-7/h2-5,9-10H,6H2,1H3. The average molecular weight is 199 g/mol. The van der Waals surface area contributed by atoms with Crippen molar-refractivity contribution in [1.29, 1.82) is 0 Å². The van der Waals surface area contributed by atoms with Crippen LogP contribution in [0.3, 0.4) is 0 Å². The van der Waals surface area contributed by atoms with Crippen molar-refractivity contribution in [2.24, 2.45) is 0 Å². The van der Waals surface area contributed by atoms with Crippen LogP contribution in [0.2, 0.25) is 5.02 Å². The smallest absolute Gasteiger partial charge is 0.112 e. The molecule has 0 aromatic heterocycles. The third kappa shape index (κ3) is 2.02. The summed E-state index contributed by atoms with van der Waals surface area (Å²) in [5, 5.41) is 0.757. The van der Waals surface area contributed by atoms with Gasteiger partial charge in [-0.25, -0.2) is 0 Å². The van der Waals surface area contributed by atoms with E-state index >= 15 is 0 Å². The van der Waals surface area contributed by atoms with Crippen molar-refractivity contribution in [3.05, 3.63) is 34.9 Å². The zero-order valence-corrected chi connectivity index (χ0v) is 8.12. The first-order valence-electron chi connectivity index (χ1n) is 4.21. The van der Waals surface area contributed by atoms with E-state index in [-0.39, 0.29) is 12.2 Å². The van der Waals surface area contributed by atoms with Crippen LogP contribution in [0.25, 0.3) is 0 Å². The van der Waals surface area contributed by atoms with Crippen LogP contribution < -0.4 is 0 Å². The molecule has 3 heteroatoms. The second kappa shape index (κ2) is 3.66. The van der Waals surface area contributed by atoms with Gasteiger partial charge < -0.3 is 9.47 Å². The predicted molar refractivity (Wildman–Crippen MR) is 50.9 cm³/mol. The zero-order chi connectivity index (χ0) is 9.26. The Morgan fingerprint density at radius 3 is 2.69 bits per heavy atom. The van der Waals surface area contributed by atoms with Gasteiger partial charge in [-0.1, -0.05) is 23.7 Å². The van der Waals surface area contributed by atoms with E-state index in [9.17, 15) is 0 Å². The van der Waals surface area contributed by atoms with E-state index in [0.29, 0.717) is 6.61 Å². The number of halogens is 1. The maximum atomic E-state index is 5.77. The van der Waals surface area contributed by atoms with Gasteiger partial charge >= 0.3 is 0 Å². The molecule has 0 amide bonds. The second-order valence-electron chi connectivity index (χ2n) is 3.10. The van der Waals surface area contributed by atoms with Crippen LogP contribution in [0.1, 0.15) is 11.7 Å². The summed E-state index contributed by atoms with van der Waals surface area (Å²) in [6, 6.07) is 7.73. The lowest BCUT2D eigenvalue weighted by molar-refractivity contribution is 0.171. The molecule has 1 aromatic carbocycles. The van der Waals surface area contributed by atoms with E-state index in [1.54, 1.807) is 7.11 Å². The SMILES string of the molecule is COCC1OC1c1ccc(Cl)cc1. The monoisotopic (exact) mass is 198 g/mol. The van der Waals surface area contributed by atoms with Crippen molar-refractivity contribution in [3.63, 3.8) is 0 Å². The molecule has 2 unspecified atom stereocenters. The summed E-state index contributed by atoms with van der Waals surface area (Å²) in [6.07, 6.45) is 0.434. The Balaban J connectivity index is 2.00. The lowest BCUT2D eigenvalue weighted by Crippen LogP contribution is -1.98. The predicted octanol–water partition coefficient (Wildman–Crippen LogP) is 2.43. The third-order valence-corrected chi connectivity index (χ3v) is 2.36. The molecule has 1 heterocycles. The van der Waals surface area contributed by atoms with E-state index in [1.807, 2.05) is 24.3 Å². The van der Waals surface area contributed by atoms with Crippen molar-refractivity contribution in [3.8, 4) is 0 Å².